The van der Waals surface area contributed by atoms with Gasteiger partial charge in [-0.25, -0.2) is 9.97 Å². The van der Waals surface area contributed by atoms with Gasteiger partial charge in [0.1, 0.15) is 23.0 Å². The monoisotopic (exact) mass is 413 g/mol. The van der Waals surface area contributed by atoms with Crippen molar-refractivity contribution < 1.29 is 0 Å². The van der Waals surface area contributed by atoms with E-state index in [-0.39, 0.29) is 0 Å². The molecule has 0 spiro atoms. The van der Waals surface area contributed by atoms with Crippen LogP contribution in [0.3, 0.4) is 0 Å². The van der Waals surface area contributed by atoms with E-state index in [0.717, 1.165) is 52.4 Å². The largest absolute Gasteiger partial charge is 0.367 e. The van der Waals surface area contributed by atoms with Gasteiger partial charge in [-0.1, -0.05) is 15.9 Å². The zero-order valence-electron chi connectivity index (χ0n) is 13.7. The van der Waals surface area contributed by atoms with E-state index in [1.54, 1.807) is 17.7 Å². The van der Waals surface area contributed by atoms with E-state index < -0.39 is 0 Å². The number of piperazine rings is 1. The molecule has 25 heavy (non-hydrogen) atoms. The van der Waals surface area contributed by atoms with Crippen molar-refractivity contribution in [3.8, 4) is 6.07 Å². The smallest absolute Gasteiger partial charge is 0.140 e. The average Bonchev–Trinajstić information content (AvgIpc) is 3.02. The molecule has 5 nitrogen and oxygen atoms in total. The highest BCUT2D eigenvalue weighted by Crippen LogP contribution is 2.31. The maximum atomic E-state index is 9.40. The first-order chi connectivity index (χ1) is 12.2. The first-order valence-corrected chi connectivity index (χ1v) is 9.67. The molecule has 0 bridgehead atoms. The van der Waals surface area contributed by atoms with Gasteiger partial charge in [-0.2, -0.15) is 5.26 Å². The molecular weight excluding hydrogens is 398 g/mol. The molecule has 0 unspecified atom stereocenters. The zero-order chi connectivity index (χ0) is 17.4. The van der Waals surface area contributed by atoms with Gasteiger partial charge in [0.15, 0.2) is 0 Å². The van der Waals surface area contributed by atoms with Crippen LogP contribution in [-0.4, -0.2) is 36.1 Å². The van der Waals surface area contributed by atoms with Crippen molar-refractivity contribution in [2.75, 3.05) is 36.0 Å². The van der Waals surface area contributed by atoms with Crippen molar-refractivity contribution in [2.24, 2.45) is 0 Å². The van der Waals surface area contributed by atoms with Gasteiger partial charge >= 0.3 is 0 Å². The lowest BCUT2D eigenvalue weighted by molar-refractivity contribution is 0.648. The topological polar surface area (TPSA) is 56.0 Å². The standard InChI is InChI=1S/C18H16BrN5S/c1-12-8-15-17(21-11-22-18(15)25-12)24-6-4-23(5-7-24)16-3-2-14(19)9-13(16)10-20/h2-3,8-9,11H,4-7H2,1H3. The first-order valence-electron chi connectivity index (χ1n) is 8.06. The summed E-state index contributed by atoms with van der Waals surface area (Å²) in [7, 11) is 0. The highest BCUT2D eigenvalue weighted by Gasteiger charge is 2.22. The number of nitrogens with zero attached hydrogens (tertiary/aromatic N) is 5. The predicted molar refractivity (Wildman–Crippen MR) is 105 cm³/mol. The van der Waals surface area contributed by atoms with Gasteiger partial charge in [-0.15, -0.1) is 11.3 Å². The van der Waals surface area contributed by atoms with Gasteiger partial charge in [0.2, 0.25) is 0 Å². The van der Waals surface area contributed by atoms with Crippen LogP contribution in [0.15, 0.2) is 35.1 Å². The number of halogens is 1. The molecule has 0 N–H and O–H groups in total. The molecular formula is C18H16BrN5S. The van der Waals surface area contributed by atoms with E-state index in [2.05, 4.69) is 54.8 Å². The molecule has 1 fully saturated rings. The Labute approximate surface area is 158 Å². The lowest BCUT2D eigenvalue weighted by Gasteiger charge is -2.37. The molecule has 1 saturated heterocycles. The third kappa shape index (κ3) is 3.08. The summed E-state index contributed by atoms with van der Waals surface area (Å²) in [5.74, 6) is 1.02. The van der Waals surface area contributed by atoms with Crippen molar-refractivity contribution in [3.05, 3.63) is 45.5 Å². The summed E-state index contributed by atoms with van der Waals surface area (Å²) in [5.41, 5.74) is 1.71. The minimum absolute atomic E-state index is 0.709. The molecule has 0 saturated carbocycles. The first kappa shape index (κ1) is 16.3. The van der Waals surface area contributed by atoms with E-state index >= 15 is 0 Å². The molecule has 0 radical (unpaired) electrons. The predicted octanol–water partition coefficient (Wildman–Crippen LogP) is 3.96. The number of nitriles is 1. The molecule has 0 atom stereocenters. The van der Waals surface area contributed by atoms with E-state index in [0.29, 0.717) is 5.56 Å². The average molecular weight is 414 g/mol. The van der Waals surface area contributed by atoms with Crippen LogP contribution in [0.2, 0.25) is 0 Å². The van der Waals surface area contributed by atoms with Crippen LogP contribution in [0.1, 0.15) is 10.4 Å². The molecule has 3 aromatic rings. The molecule has 7 heteroatoms. The summed E-state index contributed by atoms with van der Waals surface area (Å²) in [6, 6.07) is 10.4. The number of aromatic nitrogens is 2. The van der Waals surface area contributed by atoms with Gasteiger partial charge in [-0.3, -0.25) is 0 Å². The van der Waals surface area contributed by atoms with Gasteiger partial charge in [0.05, 0.1) is 16.6 Å². The maximum absolute atomic E-state index is 9.40. The van der Waals surface area contributed by atoms with Gasteiger partial charge < -0.3 is 9.80 Å². The summed E-state index contributed by atoms with van der Waals surface area (Å²) < 4.78 is 0.933. The van der Waals surface area contributed by atoms with Crippen LogP contribution in [-0.2, 0) is 0 Å². The third-order valence-electron chi connectivity index (χ3n) is 4.43. The molecule has 3 heterocycles. The van der Waals surface area contributed by atoms with Crippen LogP contribution >= 0.6 is 27.3 Å². The number of aryl methyl sites for hydroxylation is 1. The highest BCUT2D eigenvalue weighted by molar-refractivity contribution is 9.10. The fourth-order valence-corrected chi connectivity index (χ4v) is 4.45. The molecule has 1 aliphatic rings. The molecule has 1 aromatic carbocycles. The van der Waals surface area contributed by atoms with Crippen molar-refractivity contribution in [1.82, 2.24) is 9.97 Å². The Bertz CT molecular complexity index is 969. The molecule has 126 valence electrons. The lowest BCUT2D eigenvalue weighted by atomic mass is 10.1. The van der Waals surface area contributed by atoms with Crippen molar-refractivity contribution in [3.63, 3.8) is 0 Å². The number of thiophene rings is 1. The van der Waals surface area contributed by atoms with Crippen LogP contribution in [0, 0.1) is 18.3 Å². The molecule has 0 amide bonds. The minimum atomic E-state index is 0.709. The van der Waals surface area contributed by atoms with E-state index in [1.165, 1.54) is 4.88 Å². The Morgan fingerprint density at radius 1 is 1.12 bits per heavy atom. The normalized spacial score (nSPS) is 14.8. The Morgan fingerprint density at radius 2 is 1.88 bits per heavy atom. The zero-order valence-corrected chi connectivity index (χ0v) is 16.1. The van der Waals surface area contributed by atoms with Crippen LogP contribution < -0.4 is 9.80 Å². The van der Waals surface area contributed by atoms with Crippen molar-refractivity contribution in [2.45, 2.75) is 6.92 Å². The van der Waals surface area contributed by atoms with Gasteiger partial charge in [-0.05, 0) is 31.2 Å². The number of hydrogen-bond donors (Lipinski definition) is 0. The van der Waals surface area contributed by atoms with Gasteiger partial charge in [0.25, 0.3) is 0 Å². The quantitative estimate of drug-likeness (QED) is 0.636. The van der Waals surface area contributed by atoms with Crippen molar-refractivity contribution >= 4 is 49.0 Å². The van der Waals surface area contributed by atoms with Crippen molar-refractivity contribution in [1.29, 1.82) is 5.26 Å². The fraction of sp³-hybridized carbons (Fsp3) is 0.278. The second-order valence-corrected chi connectivity index (χ2v) is 8.17. The van der Waals surface area contributed by atoms with E-state index in [1.807, 2.05) is 18.2 Å². The highest BCUT2D eigenvalue weighted by atomic mass is 79.9. The second-order valence-electron chi connectivity index (χ2n) is 6.02. The fourth-order valence-electron chi connectivity index (χ4n) is 3.25. The number of anilines is 2. The number of rotatable bonds is 2. The summed E-state index contributed by atoms with van der Waals surface area (Å²) in [5, 5.41) is 10.5. The van der Waals surface area contributed by atoms with Gasteiger partial charge in [0, 0.05) is 35.5 Å². The summed E-state index contributed by atoms with van der Waals surface area (Å²) in [6.07, 6.45) is 1.66. The lowest BCUT2D eigenvalue weighted by Crippen LogP contribution is -2.47. The summed E-state index contributed by atoms with van der Waals surface area (Å²) in [6.45, 7) is 5.59. The van der Waals surface area contributed by atoms with Crippen LogP contribution in [0.5, 0.6) is 0 Å². The SMILES string of the molecule is Cc1cc2c(N3CCN(c4ccc(Br)cc4C#N)CC3)ncnc2s1. The minimum Gasteiger partial charge on any atom is -0.367 e. The maximum Gasteiger partial charge on any atom is 0.140 e. The number of fused-ring (bicyclic) bond motifs is 1. The molecule has 0 aliphatic carbocycles. The summed E-state index contributed by atoms with van der Waals surface area (Å²) >= 11 is 5.14. The third-order valence-corrected chi connectivity index (χ3v) is 5.88. The van der Waals surface area contributed by atoms with E-state index in [9.17, 15) is 5.26 Å². The van der Waals surface area contributed by atoms with Crippen LogP contribution in [0.4, 0.5) is 11.5 Å². The Hall–Kier alpha value is -2.17. The number of benzene rings is 1. The second kappa shape index (κ2) is 6.62. The molecule has 1 aliphatic heterocycles. The Morgan fingerprint density at radius 3 is 2.64 bits per heavy atom. The Balaban J connectivity index is 1.56. The molecule has 2 aromatic heterocycles. The summed E-state index contributed by atoms with van der Waals surface area (Å²) in [4.78, 5) is 15.8. The molecule has 4 rings (SSSR count). The Kier molecular flexibility index (Phi) is 4.32. The van der Waals surface area contributed by atoms with Crippen LogP contribution in [0.25, 0.3) is 10.2 Å². The number of hydrogen-bond acceptors (Lipinski definition) is 6. The van der Waals surface area contributed by atoms with E-state index in [4.69, 9.17) is 0 Å².